The highest BCUT2D eigenvalue weighted by Crippen LogP contribution is 2.34. The lowest BCUT2D eigenvalue weighted by atomic mass is 10.1. The van der Waals surface area contributed by atoms with Gasteiger partial charge in [0, 0.05) is 16.5 Å². The topological polar surface area (TPSA) is 92.0 Å². The molecule has 3 rings (SSSR count). The van der Waals surface area contributed by atoms with Crippen LogP contribution in [-0.2, 0) is 22.4 Å². The molecule has 0 N–H and O–H groups in total. The Bertz CT molecular complexity index is 1330. The number of fused-ring (bicyclic) bond motifs is 1. The van der Waals surface area contributed by atoms with Crippen molar-refractivity contribution < 1.29 is 19.0 Å². The van der Waals surface area contributed by atoms with Gasteiger partial charge in [0.15, 0.2) is 17.6 Å². The average molecular weight is 542 g/mol. The molecule has 0 amide bonds. The molecule has 0 aliphatic rings. The molecule has 0 spiro atoms. The van der Waals surface area contributed by atoms with Crippen molar-refractivity contribution in [2.75, 3.05) is 13.7 Å². The predicted octanol–water partition coefficient (Wildman–Crippen LogP) is 4.67. The molecule has 0 saturated carbocycles. The van der Waals surface area contributed by atoms with E-state index >= 15 is 0 Å². The van der Waals surface area contributed by atoms with Crippen molar-refractivity contribution in [1.82, 2.24) is 9.66 Å². The van der Waals surface area contributed by atoms with Gasteiger partial charge < -0.3 is 14.2 Å². The van der Waals surface area contributed by atoms with Gasteiger partial charge in [-0.1, -0.05) is 28.9 Å². The van der Waals surface area contributed by atoms with Crippen molar-refractivity contribution in [2.24, 2.45) is 5.10 Å². The average Bonchev–Trinajstić information content (AvgIpc) is 2.85. The number of rotatable bonds is 10. The zero-order valence-electron chi connectivity index (χ0n) is 20.2. The van der Waals surface area contributed by atoms with Gasteiger partial charge in [0.1, 0.15) is 5.82 Å². The Labute approximate surface area is 212 Å². The third-order valence-corrected chi connectivity index (χ3v) is 5.65. The van der Waals surface area contributed by atoms with E-state index in [1.165, 1.54) is 11.8 Å². The van der Waals surface area contributed by atoms with Gasteiger partial charge in [-0.3, -0.25) is 4.79 Å². The first-order valence-electron chi connectivity index (χ1n) is 11.2. The molecule has 0 aliphatic carbocycles. The second kappa shape index (κ2) is 11.8. The van der Waals surface area contributed by atoms with Gasteiger partial charge in [-0.25, -0.2) is 9.78 Å². The van der Waals surface area contributed by atoms with E-state index in [2.05, 4.69) is 32.6 Å². The van der Waals surface area contributed by atoms with Gasteiger partial charge in [0.05, 0.1) is 30.8 Å². The van der Waals surface area contributed by atoms with Crippen LogP contribution >= 0.6 is 15.9 Å². The number of esters is 1. The van der Waals surface area contributed by atoms with Crippen molar-refractivity contribution >= 4 is 39.0 Å². The number of hydrogen-bond donors (Lipinski definition) is 0. The summed E-state index contributed by atoms with van der Waals surface area (Å²) in [4.78, 5) is 29.7. The molecule has 0 radical (unpaired) electrons. The quantitative estimate of drug-likeness (QED) is 0.210. The molecule has 35 heavy (non-hydrogen) atoms. The summed E-state index contributed by atoms with van der Waals surface area (Å²) >= 11 is 3.41. The molecular weight excluding hydrogens is 514 g/mol. The lowest BCUT2D eigenvalue weighted by Gasteiger charge is -2.19. The molecule has 8 nitrogen and oxygen atoms in total. The summed E-state index contributed by atoms with van der Waals surface area (Å²) < 4.78 is 18.6. The number of ether oxygens (including phenoxy) is 3. The Morgan fingerprint density at radius 3 is 2.71 bits per heavy atom. The number of aromatic nitrogens is 2. The second-order valence-electron chi connectivity index (χ2n) is 7.62. The third kappa shape index (κ3) is 5.97. The van der Waals surface area contributed by atoms with Crippen LogP contribution in [0, 0.1) is 0 Å². The normalized spacial score (nSPS) is 12.0. The second-order valence-corrected chi connectivity index (χ2v) is 8.54. The molecule has 1 atom stereocenters. The highest BCUT2D eigenvalue weighted by molar-refractivity contribution is 9.10. The summed E-state index contributed by atoms with van der Waals surface area (Å²) in [6.45, 7) is 9.59. The first kappa shape index (κ1) is 26.2. The molecule has 0 aliphatic heterocycles. The fourth-order valence-corrected chi connectivity index (χ4v) is 3.88. The van der Waals surface area contributed by atoms with Gasteiger partial charge in [-0.2, -0.15) is 9.78 Å². The fraction of sp³-hybridized carbons (Fsp3) is 0.308. The van der Waals surface area contributed by atoms with Crippen LogP contribution in [0.1, 0.15) is 37.7 Å². The van der Waals surface area contributed by atoms with Crippen LogP contribution in [0.4, 0.5) is 0 Å². The Balaban J connectivity index is 2.10. The monoisotopic (exact) mass is 541 g/mol. The first-order chi connectivity index (χ1) is 16.8. The summed E-state index contributed by atoms with van der Waals surface area (Å²) in [5.41, 5.74) is 1.81. The van der Waals surface area contributed by atoms with Crippen molar-refractivity contribution in [3.05, 3.63) is 74.8 Å². The molecule has 0 saturated heterocycles. The van der Waals surface area contributed by atoms with Crippen molar-refractivity contribution in [3.63, 3.8) is 0 Å². The SMILES string of the molecule is C=CCc1cc(C=Nn2c(CC)nc3ccc(Br)cc3c2=O)cc(OCC)c1O[C@@H](C)C(=O)OC. The van der Waals surface area contributed by atoms with E-state index in [1.54, 1.807) is 37.4 Å². The summed E-state index contributed by atoms with van der Waals surface area (Å²) in [5, 5.41) is 4.94. The number of benzene rings is 2. The molecule has 3 aromatic rings. The van der Waals surface area contributed by atoms with Crippen molar-refractivity contribution in [1.29, 1.82) is 0 Å². The van der Waals surface area contributed by atoms with Crippen LogP contribution in [-0.4, -0.2) is 41.7 Å². The minimum atomic E-state index is -0.823. The number of halogens is 1. The Kier molecular flexibility index (Phi) is 8.81. The zero-order valence-corrected chi connectivity index (χ0v) is 21.8. The fourth-order valence-electron chi connectivity index (χ4n) is 3.52. The van der Waals surface area contributed by atoms with Gasteiger partial charge in [0.2, 0.25) is 0 Å². The lowest BCUT2D eigenvalue weighted by Crippen LogP contribution is -2.25. The summed E-state index contributed by atoms with van der Waals surface area (Å²) in [5.74, 6) is 0.937. The number of aryl methyl sites for hydroxylation is 1. The van der Waals surface area contributed by atoms with Crippen LogP contribution < -0.4 is 15.0 Å². The van der Waals surface area contributed by atoms with Crippen LogP contribution in [0.25, 0.3) is 10.9 Å². The van der Waals surface area contributed by atoms with Gasteiger partial charge in [-0.05, 0) is 56.2 Å². The molecule has 9 heteroatoms. The molecule has 1 heterocycles. The number of allylic oxidation sites excluding steroid dienone is 1. The van der Waals surface area contributed by atoms with Gasteiger partial charge in [0.25, 0.3) is 5.56 Å². The van der Waals surface area contributed by atoms with Crippen LogP contribution in [0.2, 0.25) is 0 Å². The molecule has 2 aromatic carbocycles. The molecule has 0 unspecified atom stereocenters. The summed E-state index contributed by atoms with van der Waals surface area (Å²) in [6.07, 6.45) is 3.48. The number of methoxy groups -OCH3 is 1. The molecule has 1 aromatic heterocycles. The summed E-state index contributed by atoms with van der Waals surface area (Å²) in [7, 11) is 1.31. The Hall–Kier alpha value is -3.46. The van der Waals surface area contributed by atoms with Crippen LogP contribution in [0.15, 0.2) is 57.4 Å². The van der Waals surface area contributed by atoms with Crippen LogP contribution in [0.3, 0.4) is 0 Å². The smallest absolute Gasteiger partial charge is 0.346 e. The zero-order chi connectivity index (χ0) is 25.5. The van der Waals surface area contributed by atoms with E-state index in [-0.39, 0.29) is 5.56 Å². The number of hydrogen-bond acceptors (Lipinski definition) is 7. The highest BCUT2D eigenvalue weighted by Gasteiger charge is 2.21. The van der Waals surface area contributed by atoms with Gasteiger partial charge >= 0.3 is 5.97 Å². The standard InChI is InChI=1S/C26H28BrN3O5/c1-6-9-18-12-17(13-22(34-8-3)24(18)35-16(4)26(32)33-5)15-28-30-23(7-2)29-21-11-10-19(27)14-20(21)25(30)31/h6,10-16H,1,7-9H2,2-5H3/t16-/m0/s1. The number of carbonyl (C=O) groups is 1. The number of carbonyl (C=O) groups excluding carboxylic acids is 1. The Morgan fingerprint density at radius 2 is 2.06 bits per heavy atom. The molecule has 0 bridgehead atoms. The predicted molar refractivity (Wildman–Crippen MR) is 140 cm³/mol. The lowest BCUT2D eigenvalue weighted by molar-refractivity contribution is -0.147. The van der Waals surface area contributed by atoms with Gasteiger partial charge in [-0.15, -0.1) is 6.58 Å². The molecular formula is C26H28BrN3O5. The maximum absolute atomic E-state index is 13.2. The minimum absolute atomic E-state index is 0.257. The van der Waals surface area contributed by atoms with E-state index in [1.807, 2.05) is 26.0 Å². The van der Waals surface area contributed by atoms with E-state index in [0.717, 1.165) is 10.0 Å². The minimum Gasteiger partial charge on any atom is -0.490 e. The van der Waals surface area contributed by atoms with Crippen LogP contribution in [0.5, 0.6) is 11.5 Å². The largest absolute Gasteiger partial charge is 0.490 e. The maximum atomic E-state index is 13.2. The van der Waals surface area contributed by atoms with Crippen molar-refractivity contribution in [2.45, 2.75) is 39.7 Å². The third-order valence-electron chi connectivity index (χ3n) is 5.16. The van der Waals surface area contributed by atoms with E-state index < -0.39 is 12.1 Å². The Morgan fingerprint density at radius 1 is 1.29 bits per heavy atom. The van der Waals surface area contributed by atoms with Crippen molar-refractivity contribution in [3.8, 4) is 11.5 Å². The molecule has 184 valence electrons. The van der Waals surface area contributed by atoms with E-state index in [9.17, 15) is 9.59 Å². The summed E-state index contributed by atoms with van der Waals surface area (Å²) in [6, 6.07) is 9.00. The molecule has 0 fully saturated rings. The highest BCUT2D eigenvalue weighted by atomic mass is 79.9. The first-order valence-corrected chi connectivity index (χ1v) is 12.0. The van der Waals surface area contributed by atoms with E-state index in [0.29, 0.717) is 53.2 Å². The number of nitrogens with zero attached hydrogens (tertiary/aromatic N) is 3. The maximum Gasteiger partial charge on any atom is 0.346 e. The van der Waals surface area contributed by atoms with E-state index in [4.69, 9.17) is 14.2 Å².